The number of rotatable bonds is 3. The Labute approximate surface area is 104 Å². The molecule has 2 nitrogen and oxygen atoms in total. The normalized spacial score (nSPS) is 19.5. The van der Waals surface area contributed by atoms with Crippen molar-refractivity contribution in [3.05, 3.63) is 33.8 Å². The van der Waals surface area contributed by atoms with Gasteiger partial charge in [0, 0.05) is 19.6 Å². The van der Waals surface area contributed by atoms with Crippen LogP contribution in [0.15, 0.2) is 18.2 Å². The number of likely N-dealkylation sites (tertiary alicyclic amines) is 1. The van der Waals surface area contributed by atoms with E-state index in [0.29, 0.717) is 16.6 Å². The maximum atomic E-state index is 13.4. The van der Waals surface area contributed by atoms with Crippen LogP contribution in [-0.2, 0) is 6.54 Å². The molecule has 1 heterocycles. The summed E-state index contributed by atoms with van der Waals surface area (Å²) in [7, 11) is 0. The number of hydrogen-bond acceptors (Lipinski definition) is 2. The molecule has 2 rings (SSSR count). The van der Waals surface area contributed by atoms with E-state index in [4.69, 9.17) is 28.3 Å². The number of aliphatic hydroxyl groups excluding tert-OH is 1. The largest absolute Gasteiger partial charge is 0.393 e. The fourth-order valence-electron chi connectivity index (χ4n) is 1.86. The second-order valence-corrected chi connectivity index (χ2v) is 5.02. The molecule has 1 aromatic carbocycles. The van der Waals surface area contributed by atoms with Gasteiger partial charge in [-0.15, -0.1) is 0 Å². The highest BCUT2D eigenvalue weighted by Gasteiger charge is 2.42. The quantitative estimate of drug-likeness (QED) is 0.906. The van der Waals surface area contributed by atoms with E-state index in [1.165, 1.54) is 0 Å². The zero-order valence-corrected chi connectivity index (χ0v) is 10.1. The number of halogens is 3. The number of benzene rings is 1. The summed E-state index contributed by atoms with van der Waals surface area (Å²) in [6.45, 7) is 0.751. The van der Waals surface area contributed by atoms with Crippen molar-refractivity contribution < 1.29 is 9.50 Å². The van der Waals surface area contributed by atoms with Gasteiger partial charge in [-0.1, -0.05) is 29.3 Å². The Kier molecular flexibility index (Phi) is 3.40. The highest BCUT2D eigenvalue weighted by atomic mass is 35.5. The van der Waals surface area contributed by atoms with E-state index in [1.54, 1.807) is 12.1 Å². The molecule has 1 fully saturated rings. The van der Waals surface area contributed by atoms with Crippen LogP contribution in [0, 0.1) is 0 Å². The van der Waals surface area contributed by atoms with Gasteiger partial charge in [-0.3, -0.25) is 4.90 Å². The number of alkyl halides is 1. The predicted molar refractivity (Wildman–Crippen MR) is 62.7 cm³/mol. The Balaban J connectivity index is 1.94. The zero-order valence-electron chi connectivity index (χ0n) is 8.59. The average Bonchev–Trinajstić information content (AvgIpc) is 2.21. The van der Waals surface area contributed by atoms with Crippen LogP contribution in [0.2, 0.25) is 10.0 Å². The van der Waals surface area contributed by atoms with Gasteiger partial charge in [0.1, 0.15) is 0 Å². The van der Waals surface area contributed by atoms with Crippen molar-refractivity contribution >= 4 is 23.2 Å². The van der Waals surface area contributed by atoms with Gasteiger partial charge in [0.05, 0.1) is 16.7 Å². The van der Waals surface area contributed by atoms with Crippen LogP contribution in [0.1, 0.15) is 5.56 Å². The molecule has 88 valence electrons. The lowest BCUT2D eigenvalue weighted by Crippen LogP contribution is -2.60. The summed E-state index contributed by atoms with van der Waals surface area (Å²) >= 11 is 11.7. The van der Waals surface area contributed by atoms with Crippen molar-refractivity contribution in [3.8, 4) is 0 Å². The third-order valence-electron chi connectivity index (χ3n) is 2.69. The molecular weight excluding hydrogens is 252 g/mol. The van der Waals surface area contributed by atoms with Crippen LogP contribution in [0.5, 0.6) is 0 Å². The van der Waals surface area contributed by atoms with Crippen molar-refractivity contribution in [1.82, 2.24) is 4.90 Å². The Hall–Kier alpha value is -0.350. The molecule has 1 saturated heterocycles. The topological polar surface area (TPSA) is 23.5 Å². The lowest BCUT2D eigenvalue weighted by molar-refractivity contribution is -0.0706. The van der Waals surface area contributed by atoms with E-state index in [0.717, 1.165) is 5.56 Å². The Bertz CT molecular complexity index is 394. The van der Waals surface area contributed by atoms with Gasteiger partial charge >= 0.3 is 0 Å². The second-order valence-electron chi connectivity index (χ2n) is 4.20. The molecule has 16 heavy (non-hydrogen) atoms. The molecule has 0 bridgehead atoms. The van der Waals surface area contributed by atoms with Crippen molar-refractivity contribution in [2.75, 3.05) is 19.7 Å². The van der Waals surface area contributed by atoms with Crippen LogP contribution in [0.4, 0.5) is 4.39 Å². The molecular formula is C11H12Cl2FNO. The number of nitrogens with zero attached hydrogens (tertiary/aromatic N) is 1. The molecule has 0 saturated carbocycles. The van der Waals surface area contributed by atoms with Crippen molar-refractivity contribution in [2.24, 2.45) is 0 Å². The highest BCUT2D eigenvalue weighted by molar-refractivity contribution is 6.42. The Morgan fingerprint density at radius 2 is 2.00 bits per heavy atom. The summed E-state index contributed by atoms with van der Waals surface area (Å²) < 4.78 is 13.4. The third kappa shape index (κ3) is 2.48. The third-order valence-corrected chi connectivity index (χ3v) is 3.43. The van der Waals surface area contributed by atoms with Crippen LogP contribution in [-0.4, -0.2) is 35.4 Å². The van der Waals surface area contributed by atoms with Crippen LogP contribution in [0.25, 0.3) is 0 Å². The molecule has 0 amide bonds. The minimum atomic E-state index is -1.42. The highest BCUT2D eigenvalue weighted by Crippen LogP contribution is 2.28. The standard InChI is InChI=1S/C11H12Cl2FNO/c12-9-2-1-8(3-10(9)13)4-15-5-11(14,6-15)7-16/h1-3,16H,4-7H2. The number of hydrogen-bond donors (Lipinski definition) is 1. The van der Waals surface area contributed by atoms with E-state index in [1.807, 2.05) is 11.0 Å². The van der Waals surface area contributed by atoms with Gasteiger partial charge in [-0.05, 0) is 17.7 Å². The Morgan fingerprint density at radius 1 is 1.31 bits per heavy atom. The maximum absolute atomic E-state index is 13.4. The summed E-state index contributed by atoms with van der Waals surface area (Å²) in [5.74, 6) is 0. The first-order chi connectivity index (χ1) is 7.52. The van der Waals surface area contributed by atoms with Crippen molar-refractivity contribution in [2.45, 2.75) is 12.2 Å². The minimum absolute atomic E-state index is 0.268. The lowest BCUT2D eigenvalue weighted by atomic mass is 9.97. The predicted octanol–water partition coefficient (Wildman–Crippen LogP) is 2.51. The summed E-state index contributed by atoms with van der Waals surface area (Å²) in [6, 6.07) is 5.38. The van der Waals surface area contributed by atoms with Gasteiger partial charge < -0.3 is 5.11 Å². The van der Waals surface area contributed by atoms with E-state index >= 15 is 0 Å². The molecule has 0 aliphatic carbocycles. The van der Waals surface area contributed by atoms with E-state index in [2.05, 4.69) is 0 Å². The SMILES string of the molecule is OCC1(F)CN(Cc2ccc(Cl)c(Cl)c2)C1. The summed E-state index contributed by atoms with van der Waals surface area (Å²) in [4.78, 5) is 1.91. The van der Waals surface area contributed by atoms with Gasteiger partial charge in [0.15, 0.2) is 5.67 Å². The van der Waals surface area contributed by atoms with E-state index in [-0.39, 0.29) is 13.1 Å². The van der Waals surface area contributed by atoms with Crippen molar-refractivity contribution in [1.29, 1.82) is 0 Å². The summed E-state index contributed by atoms with van der Waals surface area (Å²) in [6.07, 6.45) is 0. The zero-order chi connectivity index (χ0) is 11.8. The smallest absolute Gasteiger partial charge is 0.159 e. The minimum Gasteiger partial charge on any atom is -0.393 e. The molecule has 0 atom stereocenters. The van der Waals surface area contributed by atoms with Crippen LogP contribution in [0.3, 0.4) is 0 Å². The molecule has 1 aromatic rings. The fraction of sp³-hybridized carbons (Fsp3) is 0.455. The first-order valence-electron chi connectivity index (χ1n) is 4.98. The lowest BCUT2D eigenvalue weighted by Gasteiger charge is -2.43. The first kappa shape index (κ1) is 12.1. The van der Waals surface area contributed by atoms with E-state index in [9.17, 15) is 4.39 Å². The average molecular weight is 264 g/mol. The molecule has 1 aliphatic heterocycles. The molecule has 0 unspecified atom stereocenters. The van der Waals surface area contributed by atoms with Gasteiger partial charge in [0.25, 0.3) is 0 Å². The van der Waals surface area contributed by atoms with Crippen LogP contribution >= 0.6 is 23.2 Å². The van der Waals surface area contributed by atoms with Gasteiger partial charge in [-0.2, -0.15) is 0 Å². The molecule has 0 aromatic heterocycles. The molecule has 1 N–H and O–H groups in total. The molecule has 0 radical (unpaired) electrons. The molecule has 5 heteroatoms. The number of aliphatic hydroxyl groups is 1. The second kappa shape index (κ2) is 4.49. The molecule has 0 spiro atoms. The van der Waals surface area contributed by atoms with Crippen molar-refractivity contribution in [3.63, 3.8) is 0 Å². The molecule has 1 aliphatic rings. The fourth-order valence-corrected chi connectivity index (χ4v) is 2.18. The van der Waals surface area contributed by atoms with Gasteiger partial charge in [-0.25, -0.2) is 4.39 Å². The summed E-state index contributed by atoms with van der Waals surface area (Å²) in [5.41, 5.74) is -0.426. The monoisotopic (exact) mass is 263 g/mol. The summed E-state index contributed by atoms with van der Waals surface area (Å²) in [5, 5.41) is 9.79. The first-order valence-corrected chi connectivity index (χ1v) is 5.74. The van der Waals surface area contributed by atoms with E-state index < -0.39 is 12.3 Å². The Morgan fingerprint density at radius 3 is 2.56 bits per heavy atom. The van der Waals surface area contributed by atoms with Crippen LogP contribution < -0.4 is 0 Å². The van der Waals surface area contributed by atoms with Gasteiger partial charge in [0.2, 0.25) is 0 Å². The maximum Gasteiger partial charge on any atom is 0.159 e.